The second-order valence-electron chi connectivity index (χ2n) is 5.49. The minimum atomic E-state index is -1.30. The lowest BCUT2D eigenvalue weighted by Gasteiger charge is -2.08. The van der Waals surface area contributed by atoms with Crippen LogP contribution in [0.25, 0.3) is 6.08 Å². The number of aliphatic carboxylic acids is 1. The van der Waals surface area contributed by atoms with Crippen LogP contribution >= 0.6 is 0 Å². The zero-order valence-electron chi connectivity index (χ0n) is 14.5. The van der Waals surface area contributed by atoms with Crippen LogP contribution < -0.4 is 14.6 Å². The average Bonchev–Trinajstić information content (AvgIpc) is 3.02. The molecule has 3 rings (SSSR count). The Bertz CT molecular complexity index is 914. The second kappa shape index (κ2) is 8.18. The largest absolute Gasteiger partial charge is 0.546 e. The van der Waals surface area contributed by atoms with E-state index in [4.69, 9.17) is 14.2 Å². The molecule has 0 radical (unpaired) electrons. The van der Waals surface area contributed by atoms with Crippen molar-refractivity contribution in [2.24, 2.45) is 4.99 Å². The third-order valence-electron chi connectivity index (χ3n) is 3.58. The molecule has 0 saturated carbocycles. The molecule has 0 bridgehead atoms. The predicted octanol–water partition coefficient (Wildman–Crippen LogP) is 1.56. The Hall–Kier alpha value is -3.61. The van der Waals surface area contributed by atoms with Gasteiger partial charge in [-0.15, -0.1) is 0 Å². The Kier molecular flexibility index (Phi) is 5.51. The van der Waals surface area contributed by atoms with Gasteiger partial charge in [-0.25, -0.2) is 9.79 Å². The maximum absolute atomic E-state index is 12.1. The summed E-state index contributed by atoms with van der Waals surface area (Å²) in [5.74, 6) is -0.714. The molecule has 0 aliphatic carbocycles. The summed E-state index contributed by atoms with van der Waals surface area (Å²) < 4.78 is 15.8. The van der Waals surface area contributed by atoms with Crippen molar-refractivity contribution in [2.75, 3.05) is 13.2 Å². The van der Waals surface area contributed by atoms with Crippen molar-refractivity contribution in [1.29, 1.82) is 0 Å². The number of hydrogen-bond acceptors (Lipinski definition) is 7. The molecular weight excluding hydrogens is 350 g/mol. The molecule has 0 saturated heterocycles. The molecule has 2 aromatic carbocycles. The van der Waals surface area contributed by atoms with Crippen molar-refractivity contribution in [2.45, 2.75) is 6.92 Å². The third-order valence-corrected chi connectivity index (χ3v) is 3.58. The maximum Gasteiger partial charge on any atom is 0.363 e. The Morgan fingerprint density at radius 3 is 2.59 bits per heavy atom. The number of aliphatic imine (C=N–C) groups is 1. The minimum Gasteiger partial charge on any atom is -0.546 e. The summed E-state index contributed by atoms with van der Waals surface area (Å²) in [5, 5.41) is 10.4. The Morgan fingerprint density at radius 2 is 1.89 bits per heavy atom. The number of benzene rings is 2. The molecule has 7 nitrogen and oxygen atoms in total. The van der Waals surface area contributed by atoms with Crippen LogP contribution in [0.5, 0.6) is 11.5 Å². The van der Waals surface area contributed by atoms with Gasteiger partial charge in [-0.1, -0.05) is 24.3 Å². The highest BCUT2D eigenvalue weighted by atomic mass is 16.6. The Morgan fingerprint density at radius 1 is 1.15 bits per heavy atom. The van der Waals surface area contributed by atoms with Crippen molar-refractivity contribution >= 4 is 23.9 Å². The highest BCUT2D eigenvalue weighted by Gasteiger charge is 2.26. The van der Waals surface area contributed by atoms with Crippen LogP contribution in [0, 0.1) is 0 Å². The van der Waals surface area contributed by atoms with Crippen molar-refractivity contribution in [3.05, 3.63) is 65.4 Å². The van der Waals surface area contributed by atoms with E-state index in [-0.39, 0.29) is 11.6 Å². The molecule has 2 aromatic rings. The van der Waals surface area contributed by atoms with E-state index in [9.17, 15) is 14.7 Å². The van der Waals surface area contributed by atoms with E-state index in [0.717, 1.165) is 0 Å². The Labute approximate surface area is 155 Å². The third kappa shape index (κ3) is 4.52. The first-order valence-corrected chi connectivity index (χ1v) is 8.24. The van der Waals surface area contributed by atoms with Gasteiger partial charge >= 0.3 is 5.97 Å². The maximum atomic E-state index is 12.1. The zero-order valence-corrected chi connectivity index (χ0v) is 14.5. The average molecular weight is 366 g/mol. The molecule has 0 atom stereocenters. The number of nitrogens with zero attached hydrogens (tertiary/aromatic N) is 1. The number of ether oxygens (including phenoxy) is 3. The molecule has 0 fully saturated rings. The van der Waals surface area contributed by atoms with Gasteiger partial charge in [0, 0.05) is 0 Å². The van der Waals surface area contributed by atoms with E-state index in [2.05, 4.69) is 4.99 Å². The fourth-order valence-electron chi connectivity index (χ4n) is 2.41. The van der Waals surface area contributed by atoms with Crippen LogP contribution in [0.4, 0.5) is 0 Å². The number of hydrogen-bond donors (Lipinski definition) is 0. The lowest BCUT2D eigenvalue weighted by atomic mass is 10.2. The second-order valence-corrected chi connectivity index (χ2v) is 5.49. The molecule has 0 N–H and O–H groups in total. The van der Waals surface area contributed by atoms with E-state index < -0.39 is 18.5 Å². The number of carbonyl (C=O) groups is 2. The molecule has 0 amide bonds. The summed E-state index contributed by atoms with van der Waals surface area (Å²) in [6, 6.07) is 13.7. The van der Waals surface area contributed by atoms with Crippen LogP contribution in [0.2, 0.25) is 0 Å². The first-order chi connectivity index (χ1) is 13.1. The first kappa shape index (κ1) is 18.2. The van der Waals surface area contributed by atoms with Crippen LogP contribution in [-0.2, 0) is 14.3 Å². The molecular formula is C20H16NO6-. The van der Waals surface area contributed by atoms with Crippen molar-refractivity contribution in [3.63, 3.8) is 0 Å². The van der Waals surface area contributed by atoms with Crippen LogP contribution in [0.1, 0.15) is 18.1 Å². The predicted molar refractivity (Wildman–Crippen MR) is 95.2 cm³/mol. The number of carboxylic acid groups (broad SMARTS) is 1. The number of cyclic esters (lactones) is 1. The minimum absolute atomic E-state index is 0.153. The lowest BCUT2D eigenvalue weighted by molar-refractivity contribution is -0.307. The lowest BCUT2D eigenvalue weighted by Crippen LogP contribution is -2.28. The van der Waals surface area contributed by atoms with Gasteiger partial charge in [0.05, 0.1) is 18.1 Å². The Balaban J connectivity index is 1.81. The smallest absolute Gasteiger partial charge is 0.363 e. The van der Waals surface area contributed by atoms with Gasteiger partial charge in [-0.2, -0.15) is 0 Å². The van der Waals surface area contributed by atoms with Gasteiger partial charge in [0.1, 0.15) is 18.1 Å². The number of para-hydroxylation sites is 1. The highest BCUT2D eigenvalue weighted by Crippen LogP contribution is 2.25. The van der Waals surface area contributed by atoms with Crippen LogP contribution in [0.15, 0.2) is 59.2 Å². The summed E-state index contributed by atoms with van der Waals surface area (Å²) in [6.45, 7) is 1.82. The highest BCUT2D eigenvalue weighted by molar-refractivity contribution is 6.13. The summed E-state index contributed by atoms with van der Waals surface area (Å²) in [6.07, 6.45) is 1.57. The van der Waals surface area contributed by atoms with Gasteiger partial charge < -0.3 is 24.1 Å². The van der Waals surface area contributed by atoms with Crippen molar-refractivity contribution < 1.29 is 28.9 Å². The molecule has 1 aliphatic rings. The summed E-state index contributed by atoms with van der Waals surface area (Å²) in [7, 11) is 0. The van der Waals surface area contributed by atoms with Gasteiger partial charge in [0.25, 0.3) is 0 Å². The number of carboxylic acids is 1. The fourth-order valence-corrected chi connectivity index (χ4v) is 2.41. The summed E-state index contributed by atoms with van der Waals surface area (Å²) >= 11 is 0. The van der Waals surface area contributed by atoms with Crippen LogP contribution in [-0.4, -0.2) is 31.1 Å². The van der Waals surface area contributed by atoms with Gasteiger partial charge in [0.2, 0.25) is 5.90 Å². The first-order valence-electron chi connectivity index (χ1n) is 8.24. The van der Waals surface area contributed by atoms with E-state index in [1.165, 1.54) is 0 Å². The van der Waals surface area contributed by atoms with Crippen molar-refractivity contribution in [3.8, 4) is 11.5 Å². The molecule has 1 aliphatic heterocycles. The molecule has 138 valence electrons. The zero-order chi connectivity index (χ0) is 19.2. The monoisotopic (exact) mass is 366 g/mol. The van der Waals surface area contributed by atoms with E-state index in [0.29, 0.717) is 29.2 Å². The molecule has 7 heteroatoms. The quantitative estimate of drug-likeness (QED) is 0.545. The number of esters is 1. The van der Waals surface area contributed by atoms with E-state index >= 15 is 0 Å². The normalized spacial score (nSPS) is 14.6. The molecule has 1 heterocycles. The molecule has 0 aromatic heterocycles. The van der Waals surface area contributed by atoms with Gasteiger partial charge in [-0.05, 0) is 42.8 Å². The summed E-state index contributed by atoms with van der Waals surface area (Å²) in [4.78, 5) is 26.8. The standard InChI is InChI=1S/C20H17NO6/c1-2-25-17-6-4-3-5-15(17)19-21-16(20(24)27-19)11-13-7-9-14(10-8-13)26-12-18(22)23/h3-11H,2,12H2,1H3,(H,22,23)/p-1/b16-11-. The van der Waals surface area contributed by atoms with Crippen molar-refractivity contribution in [1.82, 2.24) is 0 Å². The number of carbonyl (C=O) groups excluding carboxylic acids is 2. The van der Waals surface area contributed by atoms with Gasteiger partial charge in [-0.3, -0.25) is 0 Å². The van der Waals surface area contributed by atoms with Gasteiger partial charge in [0.15, 0.2) is 5.70 Å². The SMILES string of the molecule is CCOc1ccccc1C1=N/C(=C\c2ccc(OCC(=O)[O-])cc2)C(=O)O1. The molecule has 0 spiro atoms. The molecule has 27 heavy (non-hydrogen) atoms. The topological polar surface area (TPSA) is 97.3 Å². The van der Waals surface area contributed by atoms with E-state index in [1.807, 2.05) is 13.0 Å². The number of rotatable bonds is 7. The fraction of sp³-hybridized carbons (Fsp3) is 0.150. The molecule has 0 unspecified atom stereocenters. The summed E-state index contributed by atoms with van der Waals surface area (Å²) in [5.41, 5.74) is 1.44. The van der Waals surface area contributed by atoms with E-state index in [1.54, 1.807) is 48.5 Å². The van der Waals surface area contributed by atoms with Crippen LogP contribution in [0.3, 0.4) is 0 Å².